The molecule has 0 bridgehead atoms. The van der Waals surface area contributed by atoms with Crippen LogP contribution in [0.1, 0.15) is 22.7 Å². The first-order valence-electron chi connectivity index (χ1n) is 5.46. The lowest BCUT2D eigenvalue weighted by Gasteiger charge is -2.15. The van der Waals surface area contributed by atoms with E-state index in [4.69, 9.17) is 17.3 Å². The number of nitrogens with two attached hydrogens (primary N) is 1. The van der Waals surface area contributed by atoms with Crippen LogP contribution in [0, 0.1) is 18.6 Å². The van der Waals surface area contributed by atoms with Crippen molar-refractivity contribution >= 4 is 11.6 Å². The van der Waals surface area contributed by atoms with E-state index in [1.165, 1.54) is 6.07 Å². The molecule has 0 aliphatic rings. The van der Waals surface area contributed by atoms with Gasteiger partial charge in [-0.15, -0.1) is 0 Å². The van der Waals surface area contributed by atoms with Crippen LogP contribution in [0.15, 0.2) is 36.4 Å². The highest BCUT2D eigenvalue weighted by Crippen LogP contribution is 2.29. The molecule has 0 spiro atoms. The molecule has 0 radical (unpaired) electrons. The Hall–Kier alpha value is -1.45. The molecule has 0 fully saturated rings. The molecular formula is C14H12ClF2N. The Morgan fingerprint density at radius 3 is 2.50 bits per heavy atom. The highest BCUT2D eigenvalue weighted by molar-refractivity contribution is 6.32. The minimum atomic E-state index is -0.910. The largest absolute Gasteiger partial charge is 0.320 e. The monoisotopic (exact) mass is 267 g/mol. The van der Waals surface area contributed by atoms with E-state index < -0.39 is 17.7 Å². The van der Waals surface area contributed by atoms with E-state index >= 15 is 0 Å². The topological polar surface area (TPSA) is 26.0 Å². The molecule has 2 aromatic rings. The highest BCUT2D eigenvalue weighted by atomic mass is 35.5. The Morgan fingerprint density at radius 2 is 1.83 bits per heavy atom. The van der Waals surface area contributed by atoms with E-state index in [-0.39, 0.29) is 0 Å². The first kappa shape index (κ1) is 13.0. The van der Waals surface area contributed by atoms with Crippen molar-refractivity contribution < 1.29 is 8.78 Å². The lowest BCUT2D eigenvalue weighted by Crippen LogP contribution is -2.13. The molecule has 0 aliphatic carbocycles. The molecule has 1 unspecified atom stereocenters. The van der Waals surface area contributed by atoms with Crippen LogP contribution >= 0.6 is 11.6 Å². The lowest BCUT2D eigenvalue weighted by atomic mass is 9.98. The molecule has 0 amide bonds. The second-order valence-electron chi connectivity index (χ2n) is 4.13. The van der Waals surface area contributed by atoms with Crippen LogP contribution in [0.5, 0.6) is 0 Å². The van der Waals surface area contributed by atoms with Gasteiger partial charge in [0, 0.05) is 5.02 Å². The summed E-state index contributed by atoms with van der Waals surface area (Å²) >= 11 is 6.16. The summed E-state index contributed by atoms with van der Waals surface area (Å²) in [6.07, 6.45) is 0. The number of rotatable bonds is 2. The molecule has 0 heterocycles. The molecule has 0 aliphatic heterocycles. The Labute approximate surface area is 109 Å². The molecule has 1 nitrogen and oxygen atoms in total. The maximum atomic E-state index is 13.2. The summed E-state index contributed by atoms with van der Waals surface area (Å²) in [7, 11) is 0. The van der Waals surface area contributed by atoms with E-state index in [2.05, 4.69) is 0 Å². The van der Waals surface area contributed by atoms with Crippen LogP contribution in [-0.4, -0.2) is 0 Å². The zero-order valence-electron chi connectivity index (χ0n) is 9.75. The second-order valence-corrected chi connectivity index (χ2v) is 4.51. The molecule has 4 heteroatoms. The van der Waals surface area contributed by atoms with Gasteiger partial charge in [-0.1, -0.05) is 35.9 Å². The summed E-state index contributed by atoms with van der Waals surface area (Å²) < 4.78 is 26.0. The predicted octanol–water partition coefficient (Wildman–Crippen LogP) is 3.97. The summed E-state index contributed by atoms with van der Waals surface area (Å²) in [5.41, 5.74) is 8.11. The van der Waals surface area contributed by atoms with Gasteiger partial charge in [0.2, 0.25) is 0 Å². The van der Waals surface area contributed by atoms with Gasteiger partial charge >= 0.3 is 0 Å². The van der Waals surface area contributed by atoms with Gasteiger partial charge in [-0.05, 0) is 35.7 Å². The maximum absolute atomic E-state index is 13.2. The first-order chi connectivity index (χ1) is 8.50. The van der Waals surface area contributed by atoms with Gasteiger partial charge in [0.05, 0.1) is 6.04 Å². The molecule has 94 valence electrons. The summed E-state index contributed by atoms with van der Waals surface area (Å²) in [5.74, 6) is -1.80. The zero-order valence-corrected chi connectivity index (χ0v) is 10.5. The minimum Gasteiger partial charge on any atom is -0.320 e. The summed E-state index contributed by atoms with van der Waals surface area (Å²) in [6, 6.07) is 8.52. The van der Waals surface area contributed by atoms with E-state index in [1.807, 2.05) is 19.1 Å². The third-order valence-corrected chi connectivity index (χ3v) is 3.38. The molecule has 2 N–H and O–H groups in total. The quantitative estimate of drug-likeness (QED) is 0.875. The van der Waals surface area contributed by atoms with Crippen molar-refractivity contribution in [3.63, 3.8) is 0 Å². The molecule has 2 rings (SSSR count). The molecule has 0 aromatic heterocycles. The van der Waals surface area contributed by atoms with Crippen molar-refractivity contribution in [1.29, 1.82) is 0 Å². The fraction of sp³-hybridized carbons (Fsp3) is 0.143. The third-order valence-electron chi connectivity index (χ3n) is 2.86. The number of halogens is 3. The van der Waals surface area contributed by atoms with Crippen molar-refractivity contribution in [3.05, 3.63) is 69.7 Å². The van der Waals surface area contributed by atoms with Crippen LogP contribution in [0.4, 0.5) is 8.78 Å². The highest BCUT2D eigenvalue weighted by Gasteiger charge is 2.15. The third kappa shape index (κ3) is 2.37. The average Bonchev–Trinajstić information content (AvgIpc) is 2.35. The summed E-state index contributed by atoms with van der Waals surface area (Å²) in [6.45, 7) is 1.86. The molecule has 1 atom stereocenters. The standard InChI is InChI=1S/C14H12ClF2N/c1-8-3-2-4-10(13(8)15)14(18)9-5-6-11(16)12(17)7-9/h2-7,14H,18H2,1H3. The summed E-state index contributed by atoms with van der Waals surface area (Å²) in [5, 5.41) is 0.551. The van der Waals surface area contributed by atoms with Crippen LogP contribution in [0.25, 0.3) is 0 Å². The van der Waals surface area contributed by atoms with E-state index in [1.54, 1.807) is 6.07 Å². The van der Waals surface area contributed by atoms with Crippen molar-refractivity contribution in [2.75, 3.05) is 0 Å². The van der Waals surface area contributed by atoms with Crippen LogP contribution < -0.4 is 5.73 Å². The number of hydrogen-bond acceptors (Lipinski definition) is 1. The second kappa shape index (κ2) is 5.04. The molecule has 18 heavy (non-hydrogen) atoms. The predicted molar refractivity (Wildman–Crippen MR) is 68.6 cm³/mol. The molecule has 2 aromatic carbocycles. The normalized spacial score (nSPS) is 12.5. The number of benzene rings is 2. The van der Waals surface area contributed by atoms with Gasteiger partial charge < -0.3 is 5.73 Å². The fourth-order valence-corrected chi connectivity index (χ4v) is 2.04. The Kier molecular flexibility index (Phi) is 3.64. The minimum absolute atomic E-state index is 0.487. The van der Waals surface area contributed by atoms with Gasteiger partial charge in [0.25, 0.3) is 0 Å². The van der Waals surface area contributed by atoms with Gasteiger partial charge in [-0.2, -0.15) is 0 Å². The van der Waals surface area contributed by atoms with Crippen molar-refractivity contribution in [2.24, 2.45) is 5.73 Å². The Balaban J connectivity index is 2.44. The van der Waals surface area contributed by atoms with E-state index in [0.29, 0.717) is 16.1 Å². The summed E-state index contributed by atoms with van der Waals surface area (Å²) in [4.78, 5) is 0. The Bertz CT molecular complexity index is 584. The van der Waals surface area contributed by atoms with Crippen LogP contribution in [0.2, 0.25) is 5.02 Å². The average molecular weight is 268 g/mol. The van der Waals surface area contributed by atoms with Crippen molar-refractivity contribution in [3.8, 4) is 0 Å². The van der Waals surface area contributed by atoms with Crippen molar-refractivity contribution in [1.82, 2.24) is 0 Å². The SMILES string of the molecule is Cc1cccc(C(N)c2ccc(F)c(F)c2)c1Cl. The van der Waals surface area contributed by atoms with Crippen molar-refractivity contribution in [2.45, 2.75) is 13.0 Å². The Morgan fingerprint density at radius 1 is 1.11 bits per heavy atom. The molecule has 0 saturated carbocycles. The van der Waals surface area contributed by atoms with Gasteiger partial charge in [0.1, 0.15) is 0 Å². The fourth-order valence-electron chi connectivity index (χ4n) is 1.80. The zero-order chi connectivity index (χ0) is 13.3. The smallest absolute Gasteiger partial charge is 0.159 e. The van der Waals surface area contributed by atoms with Gasteiger partial charge in [-0.3, -0.25) is 0 Å². The number of aryl methyl sites for hydroxylation is 1. The molecule has 0 saturated heterocycles. The number of hydrogen-bond donors (Lipinski definition) is 1. The van der Waals surface area contributed by atoms with Crippen LogP contribution in [0.3, 0.4) is 0 Å². The van der Waals surface area contributed by atoms with Gasteiger partial charge in [0.15, 0.2) is 11.6 Å². The molecular weight excluding hydrogens is 256 g/mol. The van der Waals surface area contributed by atoms with E-state index in [0.717, 1.165) is 17.7 Å². The maximum Gasteiger partial charge on any atom is 0.159 e. The first-order valence-corrected chi connectivity index (χ1v) is 5.84. The lowest BCUT2D eigenvalue weighted by molar-refractivity contribution is 0.506. The van der Waals surface area contributed by atoms with Gasteiger partial charge in [-0.25, -0.2) is 8.78 Å². The van der Waals surface area contributed by atoms with E-state index in [9.17, 15) is 8.78 Å². The van der Waals surface area contributed by atoms with Crippen LogP contribution in [-0.2, 0) is 0 Å².